The predicted octanol–water partition coefficient (Wildman–Crippen LogP) is 2.71. The van der Waals surface area contributed by atoms with Gasteiger partial charge in [-0.2, -0.15) is 0 Å². The molecule has 80 valence electrons. The lowest BCUT2D eigenvalue weighted by Crippen LogP contribution is -2.33. The SMILES string of the molecule is CC1(CCl)OC(c2ccccc2)CC1=O. The van der Waals surface area contributed by atoms with Gasteiger partial charge in [0.1, 0.15) is 5.60 Å². The van der Waals surface area contributed by atoms with E-state index in [2.05, 4.69) is 0 Å². The second kappa shape index (κ2) is 3.95. The van der Waals surface area contributed by atoms with Crippen molar-refractivity contribution >= 4 is 17.4 Å². The molecule has 1 aromatic rings. The van der Waals surface area contributed by atoms with Crippen molar-refractivity contribution in [1.29, 1.82) is 0 Å². The lowest BCUT2D eigenvalue weighted by molar-refractivity contribution is -0.129. The van der Waals surface area contributed by atoms with Crippen LogP contribution in [0.2, 0.25) is 0 Å². The number of benzene rings is 1. The van der Waals surface area contributed by atoms with Crippen LogP contribution >= 0.6 is 11.6 Å². The molecule has 3 heteroatoms. The molecule has 2 rings (SSSR count). The number of hydrogen-bond acceptors (Lipinski definition) is 2. The van der Waals surface area contributed by atoms with Gasteiger partial charge in [0.05, 0.1) is 12.0 Å². The molecule has 1 heterocycles. The second-order valence-corrected chi connectivity index (χ2v) is 4.28. The van der Waals surface area contributed by atoms with Crippen LogP contribution in [0.25, 0.3) is 0 Å². The number of ether oxygens (including phenoxy) is 1. The topological polar surface area (TPSA) is 26.3 Å². The van der Waals surface area contributed by atoms with Gasteiger partial charge in [-0.1, -0.05) is 30.3 Å². The molecule has 2 nitrogen and oxygen atoms in total. The van der Waals surface area contributed by atoms with Crippen molar-refractivity contribution in [1.82, 2.24) is 0 Å². The predicted molar refractivity (Wildman–Crippen MR) is 59.0 cm³/mol. The fourth-order valence-electron chi connectivity index (χ4n) is 1.77. The Morgan fingerprint density at radius 1 is 1.47 bits per heavy atom. The maximum Gasteiger partial charge on any atom is 0.168 e. The highest BCUT2D eigenvalue weighted by molar-refractivity contribution is 6.20. The average Bonchev–Trinajstić information content (AvgIpc) is 2.58. The van der Waals surface area contributed by atoms with Crippen molar-refractivity contribution in [2.45, 2.75) is 25.0 Å². The van der Waals surface area contributed by atoms with E-state index in [4.69, 9.17) is 16.3 Å². The molecule has 1 aromatic carbocycles. The first-order valence-electron chi connectivity index (χ1n) is 4.98. The Morgan fingerprint density at radius 3 is 2.67 bits per heavy atom. The van der Waals surface area contributed by atoms with Crippen LogP contribution in [0.15, 0.2) is 30.3 Å². The van der Waals surface area contributed by atoms with Gasteiger partial charge in [0.25, 0.3) is 0 Å². The standard InChI is InChI=1S/C12H13ClO2/c1-12(8-13)11(14)7-10(15-12)9-5-3-2-4-6-9/h2-6,10H,7-8H2,1H3. The van der Waals surface area contributed by atoms with E-state index in [1.54, 1.807) is 6.92 Å². The van der Waals surface area contributed by atoms with Gasteiger partial charge in [-0.15, -0.1) is 11.6 Å². The minimum atomic E-state index is -0.804. The Labute approximate surface area is 94.2 Å². The van der Waals surface area contributed by atoms with Crippen LogP contribution in [0.1, 0.15) is 25.0 Å². The average molecular weight is 225 g/mol. The van der Waals surface area contributed by atoms with Gasteiger partial charge in [0.2, 0.25) is 0 Å². The molecule has 1 aliphatic rings. The Bertz CT molecular complexity index is 363. The number of hydrogen-bond donors (Lipinski definition) is 0. The van der Waals surface area contributed by atoms with Crippen LogP contribution < -0.4 is 0 Å². The molecule has 0 spiro atoms. The molecule has 2 atom stereocenters. The quantitative estimate of drug-likeness (QED) is 0.722. The minimum Gasteiger partial charge on any atom is -0.358 e. The minimum absolute atomic E-state index is 0.0892. The summed E-state index contributed by atoms with van der Waals surface area (Å²) in [6.45, 7) is 1.76. The summed E-state index contributed by atoms with van der Waals surface area (Å²) >= 11 is 5.75. The molecule has 0 radical (unpaired) electrons. The molecule has 1 aliphatic heterocycles. The van der Waals surface area contributed by atoms with Crippen molar-refractivity contribution in [3.05, 3.63) is 35.9 Å². The number of alkyl halides is 1. The summed E-state index contributed by atoms with van der Waals surface area (Å²) in [4.78, 5) is 11.7. The molecule has 0 saturated carbocycles. The van der Waals surface area contributed by atoms with Crippen molar-refractivity contribution < 1.29 is 9.53 Å². The molecule has 0 bridgehead atoms. The number of ketones is 1. The van der Waals surface area contributed by atoms with E-state index in [1.807, 2.05) is 30.3 Å². The Hall–Kier alpha value is -0.860. The highest BCUT2D eigenvalue weighted by atomic mass is 35.5. The van der Waals surface area contributed by atoms with Gasteiger partial charge in [0.15, 0.2) is 5.78 Å². The Balaban J connectivity index is 2.20. The van der Waals surface area contributed by atoms with Gasteiger partial charge in [-0.3, -0.25) is 4.79 Å². The number of Topliss-reactive ketones (excluding diaryl/α,β-unsaturated/α-hetero) is 1. The second-order valence-electron chi connectivity index (χ2n) is 4.01. The summed E-state index contributed by atoms with van der Waals surface area (Å²) in [6.07, 6.45) is 0.287. The monoisotopic (exact) mass is 224 g/mol. The normalized spacial score (nSPS) is 30.8. The molecule has 15 heavy (non-hydrogen) atoms. The van der Waals surface area contributed by atoms with Crippen LogP contribution in [0.5, 0.6) is 0 Å². The van der Waals surface area contributed by atoms with Crippen LogP contribution in [0.4, 0.5) is 0 Å². The third-order valence-electron chi connectivity index (χ3n) is 2.79. The van der Waals surface area contributed by atoms with E-state index < -0.39 is 5.60 Å². The zero-order chi connectivity index (χ0) is 10.9. The molecular weight excluding hydrogens is 212 g/mol. The third kappa shape index (κ3) is 1.92. The number of rotatable bonds is 2. The van der Waals surface area contributed by atoms with Gasteiger partial charge in [-0.05, 0) is 12.5 Å². The first-order chi connectivity index (χ1) is 7.15. The zero-order valence-corrected chi connectivity index (χ0v) is 9.33. The summed E-state index contributed by atoms with van der Waals surface area (Å²) in [6, 6.07) is 9.77. The maximum atomic E-state index is 11.7. The maximum absolute atomic E-state index is 11.7. The van der Waals surface area contributed by atoms with E-state index in [1.165, 1.54) is 0 Å². The highest BCUT2D eigenvalue weighted by Gasteiger charge is 2.43. The smallest absolute Gasteiger partial charge is 0.168 e. The fraction of sp³-hybridized carbons (Fsp3) is 0.417. The van der Waals surface area contributed by atoms with Crippen molar-refractivity contribution in [2.75, 3.05) is 5.88 Å². The highest BCUT2D eigenvalue weighted by Crippen LogP contribution is 2.37. The lowest BCUT2D eigenvalue weighted by atomic mass is 10.0. The van der Waals surface area contributed by atoms with Crippen molar-refractivity contribution in [2.24, 2.45) is 0 Å². The Morgan fingerprint density at radius 2 is 2.13 bits per heavy atom. The first kappa shape index (κ1) is 10.7. The van der Waals surface area contributed by atoms with Crippen LogP contribution in [-0.2, 0) is 9.53 Å². The summed E-state index contributed by atoms with van der Waals surface area (Å²) in [5.41, 5.74) is 0.238. The van der Waals surface area contributed by atoms with Gasteiger partial charge in [0, 0.05) is 6.42 Å². The first-order valence-corrected chi connectivity index (χ1v) is 5.51. The van der Waals surface area contributed by atoms with Crippen LogP contribution in [0.3, 0.4) is 0 Å². The molecular formula is C12H13ClO2. The van der Waals surface area contributed by atoms with Gasteiger partial charge in [-0.25, -0.2) is 0 Å². The summed E-state index contributed by atoms with van der Waals surface area (Å²) in [5.74, 6) is 0.307. The third-order valence-corrected chi connectivity index (χ3v) is 3.30. The molecule has 0 aromatic heterocycles. The van der Waals surface area contributed by atoms with Crippen LogP contribution in [0, 0.1) is 0 Å². The summed E-state index contributed by atoms with van der Waals surface area (Å²) < 4.78 is 5.71. The van der Waals surface area contributed by atoms with Crippen LogP contribution in [-0.4, -0.2) is 17.3 Å². The van der Waals surface area contributed by atoms with E-state index in [-0.39, 0.29) is 17.8 Å². The number of carbonyl (C=O) groups excluding carboxylic acids is 1. The Kier molecular flexibility index (Phi) is 2.81. The molecule has 0 amide bonds. The number of halogens is 1. The van der Waals surface area contributed by atoms with Gasteiger partial charge >= 0.3 is 0 Å². The van der Waals surface area contributed by atoms with Gasteiger partial charge < -0.3 is 4.74 Å². The van der Waals surface area contributed by atoms with E-state index in [0.717, 1.165) is 5.56 Å². The van der Waals surface area contributed by atoms with Crippen molar-refractivity contribution in [3.63, 3.8) is 0 Å². The lowest BCUT2D eigenvalue weighted by Gasteiger charge is -2.20. The van der Waals surface area contributed by atoms with E-state index >= 15 is 0 Å². The van der Waals surface area contributed by atoms with Crippen molar-refractivity contribution in [3.8, 4) is 0 Å². The number of carbonyl (C=O) groups is 1. The summed E-state index contributed by atoms with van der Waals surface area (Å²) in [5, 5.41) is 0. The van der Waals surface area contributed by atoms with E-state index in [0.29, 0.717) is 6.42 Å². The zero-order valence-electron chi connectivity index (χ0n) is 8.57. The molecule has 0 aliphatic carbocycles. The molecule has 0 N–H and O–H groups in total. The largest absolute Gasteiger partial charge is 0.358 e. The molecule has 2 unspecified atom stereocenters. The summed E-state index contributed by atoms with van der Waals surface area (Å²) in [7, 11) is 0. The fourth-order valence-corrected chi connectivity index (χ4v) is 1.98. The van der Waals surface area contributed by atoms with E-state index in [9.17, 15) is 4.79 Å². The molecule has 1 saturated heterocycles. The molecule has 1 fully saturated rings.